The van der Waals surface area contributed by atoms with Gasteiger partial charge in [-0.25, -0.2) is 9.07 Å². The molecule has 0 aliphatic heterocycles. The Kier molecular flexibility index (Phi) is 4.45. The molecule has 0 saturated heterocycles. The van der Waals surface area contributed by atoms with Crippen molar-refractivity contribution in [3.05, 3.63) is 100 Å². The zero-order valence-corrected chi connectivity index (χ0v) is 15.0. The zero-order chi connectivity index (χ0) is 19.7. The van der Waals surface area contributed by atoms with Crippen molar-refractivity contribution in [2.24, 2.45) is 0 Å². The molecular formula is C22H16FN3O2. The summed E-state index contributed by atoms with van der Waals surface area (Å²) < 4.78 is 15.1. The van der Waals surface area contributed by atoms with Crippen molar-refractivity contribution in [1.29, 1.82) is 0 Å². The number of nitrogens with zero attached hydrogens (tertiary/aromatic N) is 2. The molecule has 138 valence electrons. The maximum Gasteiger partial charge on any atom is 0.280 e. The molecule has 0 spiro atoms. The van der Waals surface area contributed by atoms with Gasteiger partial charge in [-0.1, -0.05) is 36.4 Å². The van der Waals surface area contributed by atoms with Crippen molar-refractivity contribution in [3.8, 4) is 5.69 Å². The van der Waals surface area contributed by atoms with Gasteiger partial charge in [0.25, 0.3) is 5.91 Å². The predicted molar refractivity (Wildman–Crippen MR) is 106 cm³/mol. The molecular weight excluding hydrogens is 357 g/mol. The number of hydrogen-bond acceptors (Lipinski definition) is 3. The maximum absolute atomic E-state index is 13.5. The molecule has 0 atom stereocenters. The lowest BCUT2D eigenvalue weighted by molar-refractivity contribution is 0.102. The molecule has 4 rings (SSSR count). The number of nitrogens with one attached hydrogen (secondary N) is 1. The fraction of sp³-hybridized carbons (Fsp3) is 0.0455. The van der Waals surface area contributed by atoms with E-state index in [2.05, 4.69) is 10.4 Å². The number of hydrogen-bond donors (Lipinski definition) is 1. The first kappa shape index (κ1) is 17.6. The first-order chi connectivity index (χ1) is 13.5. The summed E-state index contributed by atoms with van der Waals surface area (Å²) in [6, 6.07) is 20.3. The number of benzene rings is 3. The molecule has 0 aliphatic carbocycles. The predicted octanol–water partition coefficient (Wildman–Crippen LogP) is 4.09. The summed E-state index contributed by atoms with van der Waals surface area (Å²) in [6.45, 7) is 1.74. The Labute approximate surface area is 160 Å². The zero-order valence-electron chi connectivity index (χ0n) is 15.0. The highest BCUT2D eigenvalue weighted by Gasteiger charge is 2.19. The lowest BCUT2D eigenvalue weighted by Gasteiger charge is -2.13. The fourth-order valence-corrected chi connectivity index (χ4v) is 3.00. The SMILES string of the molecule is Cc1ccc(F)cc1NC(=O)c1nn(-c2ccccc2)c2ccccc2c1=O. The van der Waals surface area contributed by atoms with Crippen molar-refractivity contribution in [3.63, 3.8) is 0 Å². The maximum atomic E-state index is 13.5. The van der Waals surface area contributed by atoms with Gasteiger partial charge in [0.1, 0.15) is 5.82 Å². The third-order valence-electron chi connectivity index (χ3n) is 4.46. The molecule has 28 heavy (non-hydrogen) atoms. The average Bonchev–Trinajstić information content (AvgIpc) is 2.72. The minimum Gasteiger partial charge on any atom is -0.320 e. The van der Waals surface area contributed by atoms with E-state index in [9.17, 15) is 14.0 Å². The Morgan fingerprint density at radius 3 is 2.50 bits per heavy atom. The number of para-hydroxylation sites is 2. The van der Waals surface area contributed by atoms with Crippen LogP contribution in [-0.4, -0.2) is 15.7 Å². The highest BCUT2D eigenvalue weighted by Crippen LogP contribution is 2.18. The summed E-state index contributed by atoms with van der Waals surface area (Å²) >= 11 is 0. The Morgan fingerprint density at radius 2 is 1.71 bits per heavy atom. The first-order valence-electron chi connectivity index (χ1n) is 8.69. The second kappa shape index (κ2) is 7.08. The number of carbonyl (C=O) groups is 1. The third kappa shape index (κ3) is 3.16. The van der Waals surface area contributed by atoms with Gasteiger partial charge in [-0.15, -0.1) is 0 Å². The van der Waals surface area contributed by atoms with E-state index in [1.807, 2.05) is 30.3 Å². The third-order valence-corrected chi connectivity index (χ3v) is 4.46. The summed E-state index contributed by atoms with van der Waals surface area (Å²) in [6.07, 6.45) is 0. The van der Waals surface area contributed by atoms with Crippen LogP contribution >= 0.6 is 0 Å². The van der Waals surface area contributed by atoms with Gasteiger partial charge in [-0.05, 0) is 48.9 Å². The van der Waals surface area contributed by atoms with Gasteiger partial charge in [0.05, 0.1) is 16.6 Å². The summed E-state index contributed by atoms with van der Waals surface area (Å²) in [5.74, 6) is -1.16. The largest absolute Gasteiger partial charge is 0.320 e. The molecule has 1 aromatic heterocycles. The van der Waals surface area contributed by atoms with Gasteiger partial charge >= 0.3 is 0 Å². The van der Waals surface area contributed by atoms with Crippen molar-refractivity contribution in [2.45, 2.75) is 6.92 Å². The van der Waals surface area contributed by atoms with Crippen LogP contribution in [-0.2, 0) is 0 Å². The number of aryl methyl sites for hydroxylation is 1. The van der Waals surface area contributed by atoms with Crippen LogP contribution in [0.4, 0.5) is 10.1 Å². The lowest BCUT2D eigenvalue weighted by Crippen LogP contribution is -2.27. The van der Waals surface area contributed by atoms with Crippen LogP contribution in [0.5, 0.6) is 0 Å². The minimum atomic E-state index is -0.686. The topological polar surface area (TPSA) is 64.0 Å². The van der Waals surface area contributed by atoms with E-state index < -0.39 is 17.2 Å². The van der Waals surface area contributed by atoms with Crippen LogP contribution in [0.25, 0.3) is 16.6 Å². The van der Waals surface area contributed by atoms with Crippen LogP contribution in [0.15, 0.2) is 77.6 Å². The quantitative estimate of drug-likeness (QED) is 0.588. The lowest BCUT2D eigenvalue weighted by atomic mass is 10.1. The van der Waals surface area contributed by atoms with Crippen LogP contribution in [0, 0.1) is 12.7 Å². The molecule has 3 aromatic carbocycles. The van der Waals surface area contributed by atoms with Crippen LogP contribution in [0.3, 0.4) is 0 Å². The number of rotatable bonds is 3. The summed E-state index contributed by atoms with van der Waals surface area (Å²) in [5.41, 5.74) is 1.55. The Bertz CT molecular complexity index is 1250. The van der Waals surface area contributed by atoms with Gasteiger partial charge < -0.3 is 5.32 Å². The molecule has 4 aromatic rings. The number of carbonyl (C=O) groups excluding carboxylic acids is 1. The number of anilines is 1. The molecule has 5 nitrogen and oxygen atoms in total. The van der Waals surface area contributed by atoms with Gasteiger partial charge in [0, 0.05) is 5.69 Å². The molecule has 1 heterocycles. The minimum absolute atomic E-state index is 0.258. The summed E-state index contributed by atoms with van der Waals surface area (Å²) in [4.78, 5) is 25.7. The molecule has 1 N–H and O–H groups in total. The van der Waals surface area contributed by atoms with E-state index in [0.717, 1.165) is 5.69 Å². The molecule has 0 aliphatic rings. The molecule has 0 fully saturated rings. The van der Waals surface area contributed by atoms with Crippen molar-refractivity contribution < 1.29 is 9.18 Å². The highest BCUT2D eigenvalue weighted by molar-refractivity contribution is 6.04. The van der Waals surface area contributed by atoms with E-state index in [-0.39, 0.29) is 5.69 Å². The number of fused-ring (bicyclic) bond motifs is 1. The summed E-state index contributed by atoms with van der Waals surface area (Å²) in [7, 11) is 0. The van der Waals surface area contributed by atoms with Gasteiger partial charge in [-0.3, -0.25) is 9.59 Å². The molecule has 1 amide bonds. The number of halogens is 1. The Balaban J connectivity index is 1.87. The Hall–Kier alpha value is -3.80. The van der Waals surface area contributed by atoms with Crippen molar-refractivity contribution in [2.75, 3.05) is 5.32 Å². The fourth-order valence-electron chi connectivity index (χ4n) is 3.00. The van der Waals surface area contributed by atoms with E-state index in [1.165, 1.54) is 12.1 Å². The second-order valence-electron chi connectivity index (χ2n) is 6.36. The normalized spacial score (nSPS) is 10.8. The molecule has 0 saturated carbocycles. The van der Waals surface area contributed by atoms with Gasteiger partial charge in [0.15, 0.2) is 5.69 Å². The van der Waals surface area contributed by atoms with E-state index in [0.29, 0.717) is 22.2 Å². The highest BCUT2D eigenvalue weighted by atomic mass is 19.1. The average molecular weight is 373 g/mol. The van der Waals surface area contributed by atoms with E-state index >= 15 is 0 Å². The van der Waals surface area contributed by atoms with Gasteiger partial charge in [-0.2, -0.15) is 5.10 Å². The van der Waals surface area contributed by atoms with Crippen LogP contribution in [0.2, 0.25) is 0 Å². The standard InChI is InChI=1S/C22H16FN3O2/c1-14-11-12-15(23)13-18(14)24-22(28)20-21(27)17-9-5-6-10-19(17)26(25-20)16-7-3-2-4-8-16/h2-13H,1H3,(H,24,28). The van der Waals surface area contributed by atoms with Gasteiger partial charge in [0.2, 0.25) is 5.43 Å². The smallest absolute Gasteiger partial charge is 0.280 e. The van der Waals surface area contributed by atoms with Crippen molar-refractivity contribution >= 4 is 22.5 Å². The molecule has 0 unspecified atom stereocenters. The van der Waals surface area contributed by atoms with E-state index in [4.69, 9.17) is 0 Å². The second-order valence-corrected chi connectivity index (χ2v) is 6.36. The van der Waals surface area contributed by atoms with Crippen LogP contribution < -0.4 is 10.7 Å². The monoisotopic (exact) mass is 373 g/mol. The molecule has 6 heteroatoms. The van der Waals surface area contributed by atoms with Crippen LogP contribution in [0.1, 0.15) is 16.1 Å². The molecule has 0 bridgehead atoms. The molecule has 0 radical (unpaired) electrons. The summed E-state index contributed by atoms with van der Waals surface area (Å²) in [5, 5.41) is 7.29. The van der Waals surface area contributed by atoms with E-state index in [1.54, 1.807) is 41.9 Å². The van der Waals surface area contributed by atoms with Crippen molar-refractivity contribution in [1.82, 2.24) is 9.78 Å². The number of amides is 1. The first-order valence-corrected chi connectivity index (χ1v) is 8.69. The number of aromatic nitrogens is 2. The Morgan fingerprint density at radius 1 is 1.00 bits per heavy atom.